The lowest BCUT2D eigenvalue weighted by Gasteiger charge is -2.29. The zero-order chi connectivity index (χ0) is 37.0. The Bertz CT molecular complexity index is 2050. The number of aromatic nitrogens is 2. The molecule has 270 valence electrons. The summed E-state index contributed by atoms with van der Waals surface area (Å²) in [5, 5.41) is 12.0. The normalized spacial score (nSPS) is 12.5. The van der Waals surface area contributed by atoms with Crippen molar-refractivity contribution in [3.05, 3.63) is 144 Å². The van der Waals surface area contributed by atoms with Crippen LogP contribution in [0.1, 0.15) is 62.0 Å². The maximum atomic E-state index is 13.0. The maximum Gasteiger partial charge on any atom is 0.417 e. The number of para-hydroxylation sites is 2. The molecule has 0 amide bonds. The molecule has 0 fully saturated rings. The molecule has 0 aliphatic carbocycles. The van der Waals surface area contributed by atoms with E-state index in [0.717, 1.165) is 50.9 Å². The highest BCUT2D eigenvalue weighted by molar-refractivity contribution is 5.79. The second-order valence-corrected chi connectivity index (χ2v) is 12.6. The van der Waals surface area contributed by atoms with Crippen LogP contribution in [-0.2, 0) is 30.8 Å². The standard InChI is InChI=1S/C22H22F3NO2.C21H21NO2/c1-2-21(27,22(23,24)25)14-13-16-7-11-19(12-8-16)28-15-18-10-9-17-5-3-4-6-20(17)26-18;1-2-19(23)12-7-16-8-13-20(14-9-16)24-15-18-11-10-17-5-3-4-6-21(17)22-18/h3-12,27H,2,13-15H2,1H3;3-6,8-11,13-14H,2,7,12,15H2,1H3. The number of nitrogens with zero attached hydrogens (tertiary/aromatic N) is 2. The number of carbonyl (C=O) groups is 1. The van der Waals surface area contributed by atoms with Crippen LogP contribution in [0, 0.1) is 0 Å². The summed E-state index contributed by atoms with van der Waals surface area (Å²) in [5.41, 5.74) is 2.80. The van der Waals surface area contributed by atoms with Crippen molar-refractivity contribution in [1.29, 1.82) is 0 Å². The number of alkyl halides is 3. The fourth-order valence-electron chi connectivity index (χ4n) is 5.53. The van der Waals surface area contributed by atoms with Crippen molar-refractivity contribution in [3.8, 4) is 11.5 Å². The fourth-order valence-corrected chi connectivity index (χ4v) is 5.53. The predicted octanol–water partition coefficient (Wildman–Crippen LogP) is 10.2. The monoisotopic (exact) mass is 708 g/mol. The minimum absolute atomic E-state index is 0.135. The van der Waals surface area contributed by atoms with Crippen molar-refractivity contribution in [2.45, 2.75) is 77.4 Å². The third-order valence-corrected chi connectivity index (χ3v) is 8.96. The largest absolute Gasteiger partial charge is 0.487 e. The quantitative estimate of drug-likeness (QED) is 0.121. The molecule has 2 heterocycles. The van der Waals surface area contributed by atoms with Crippen LogP contribution in [0.4, 0.5) is 13.2 Å². The zero-order valence-electron chi connectivity index (χ0n) is 29.4. The Hall–Kier alpha value is -5.28. The number of benzene rings is 4. The third-order valence-electron chi connectivity index (χ3n) is 8.96. The molecule has 1 N–H and O–H groups in total. The van der Waals surface area contributed by atoms with E-state index in [0.29, 0.717) is 43.2 Å². The number of aryl methyl sites for hydroxylation is 2. The SMILES string of the molecule is CCC(=O)CCc1ccc(OCc2ccc3ccccc3n2)cc1.CCC(O)(CCc1ccc(OCc2ccc3ccccc3n2)cc1)C(F)(F)F. The number of hydrogen-bond acceptors (Lipinski definition) is 6. The Morgan fingerprint density at radius 2 is 1.10 bits per heavy atom. The molecule has 0 saturated carbocycles. The first-order valence-corrected chi connectivity index (χ1v) is 17.5. The molecule has 1 unspecified atom stereocenters. The van der Waals surface area contributed by atoms with Crippen LogP contribution >= 0.6 is 0 Å². The van der Waals surface area contributed by atoms with Crippen LogP contribution in [-0.4, -0.2) is 32.6 Å². The van der Waals surface area contributed by atoms with Crippen LogP contribution in [0.15, 0.2) is 121 Å². The van der Waals surface area contributed by atoms with E-state index in [1.54, 1.807) is 24.3 Å². The first kappa shape index (κ1) is 38.0. The molecular formula is C43H43F3N2O4. The smallest absolute Gasteiger partial charge is 0.417 e. The Labute approximate surface area is 302 Å². The molecule has 52 heavy (non-hydrogen) atoms. The molecule has 0 aliphatic heterocycles. The summed E-state index contributed by atoms with van der Waals surface area (Å²) in [6, 6.07) is 38.6. The van der Waals surface area contributed by atoms with Gasteiger partial charge in [0.25, 0.3) is 0 Å². The minimum atomic E-state index is -4.63. The number of ether oxygens (including phenoxy) is 2. The Kier molecular flexibility index (Phi) is 13.0. The lowest BCUT2D eigenvalue weighted by atomic mass is 9.92. The van der Waals surface area contributed by atoms with Crippen molar-refractivity contribution in [2.24, 2.45) is 0 Å². The summed E-state index contributed by atoms with van der Waals surface area (Å²) < 4.78 is 50.4. The summed E-state index contributed by atoms with van der Waals surface area (Å²) in [6.07, 6.45) is -3.21. The summed E-state index contributed by atoms with van der Waals surface area (Å²) in [6.45, 7) is 3.98. The van der Waals surface area contributed by atoms with Crippen molar-refractivity contribution < 1.29 is 32.5 Å². The Balaban J connectivity index is 0.000000203. The van der Waals surface area contributed by atoms with E-state index >= 15 is 0 Å². The second-order valence-electron chi connectivity index (χ2n) is 12.6. The van der Waals surface area contributed by atoms with Gasteiger partial charge < -0.3 is 14.6 Å². The third kappa shape index (κ3) is 10.6. The van der Waals surface area contributed by atoms with Gasteiger partial charge in [0.1, 0.15) is 30.5 Å². The molecule has 6 aromatic rings. The maximum absolute atomic E-state index is 13.0. The molecule has 4 aromatic carbocycles. The zero-order valence-corrected chi connectivity index (χ0v) is 29.4. The van der Waals surface area contributed by atoms with Gasteiger partial charge in [-0.3, -0.25) is 4.79 Å². The van der Waals surface area contributed by atoms with E-state index in [-0.39, 0.29) is 19.3 Å². The van der Waals surface area contributed by atoms with E-state index in [1.807, 2.05) is 91.9 Å². The number of Topliss-reactive ketones (excluding diaryl/α,β-unsaturated/α-hetero) is 1. The van der Waals surface area contributed by atoms with Gasteiger partial charge in [0.05, 0.1) is 22.4 Å². The molecule has 6 rings (SSSR count). The van der Waals surface area contributed by atoms with Gasteiger partial charge in [0, 0.05) is 23.6 Å². The van der Waals surface area contributed by atoms with Gasteiger partial charge in [0.2, 0.25) is 0 Å². The minimum Gasteiger partial charge on any atom is -0.487 e. The highest BCUT2D eigenvalue weighted by Gasteiger charge is 2.51. The van der Waals surface area contributed by atoms with Gasteiger partial charge in [-0.05, 0) is 85.3 Å². The Morgan fingerprint density at radius 3 is 1.54 bits per heavy atom. The number of halogens is 3. The van der Waals surface area contributed by atoms with Gasteiger partial charge in [-0.15, -0.1) is 0 Å². The molecule has 6 nitrogen and oxygen atoms in total. The summed E-state index contributed by atoms with van der Waals surface area (Å²) in [7, 11) is 0. The van der Waals surface area contributed by atoms with Crippen molar-refractivity contribution in [2.75, 3.05) is 0 Å². The molecule has 2 aromatic heterocycles. The second kappa shape index (κ2) is 17.8. The molecule has 0 spiro atoms. The van der Waals surface area contributed by atoms with Gasteiger partial charge in [0.15, 0.2) is 5.60 Å². The van der Waals surface area contributed by atoms with Crippen LogP contribution in [0.2, 0.25) is 0 Å². The van der Waals surface area contributed by atoms with E-state index in [4.69, 9.17) is 9.47 Å². The molecule has 1 atom stereocenters. The van der Waals surface area contributed by atoms with Crippen LogP contribution in [0.3, 0.4) is 0 Å². The van der Waals surface area contributed by atoms with Crippen LogP contribution in [0.25, 0.3) is 21.8 Å². The molecule has 0 saturated heterocycles. The predicted molar refractivity (Wildman–Crippen MR) is 198 cm³/mol. The number of hydrogen-bond donors (Lipinski definition) is 1. The van der Waals surface area contributed by atoms with Gasteiger partial charge in [-0.1, -0.05) is 86.6 Å². The molecule has 9 heteroatoms. The number of pyridine rings is 2. The van der Waals surface area contributed by atoms with Gasteiger partial charge >= 0.3 is 6.18 Å². The number of fused-ring (bicyclic) bond motifs is 2. The van der Waals surface area contributed by atoms with Crippen LogP contribution < -0.4 is 9.47 Å². The highest BCUT2D eigenvalue weighted by atomic mass is 19.4. The number of rotatable bonds is 14. The highest BCUT2D eigenvalue weighted by Crippen LogP contribution is 2.36. The average Bonchev–Trinajstić information content (AvgIpc) is 3.17. The number of aliphatic hydroxyl groups is 1. The van der Waals surface area contributed by atoms with Crippen LogP contribution in [0.5, 0.6) is 11.5 Å². The first-order chi connectivity index (χ1) is 25.0. The molecule has 0 bridgehead atoms. The summed E-state index contributed by atoms with van der Waals surface area (Å²) in [4.78, 5) is 20.5. The Morgan fingerprint density at radius 1 is 0.635 bits per heavy atom. The van der Waals surface area contributed by atoms with E-state index in [2.05, 4.69) is 22.1 Å². The topological polar surface area (TPSA) is 81.5 Å². The van der Waals surface area contributed by atoms with Gasteiger partial charge in [-0.25, -0.2) is 9.97 Å². The number of carbonyl (C=O) groups excluding carboxylic acids is 1. The lowest BCUT2D eigenvalue weighted by Crippen LogP contribution is -2.44. The van der Waals surface area contributed by atoms with E-state index in [1.165, 1.54) is 6.92 Å². The van der Waals surface area contributed by atoms with E-state index < -0.39 is 11.8 Å². The molecule has 0 aliphatic rings. The van der Waals surface area contributed by atoms with Crippen molar-refractivity contribution >= 4 is 27.6 Å². The van der Waals surface area contributed by atoms with E-state index in [9.17, 15) is 23.1 Å². The molecular weight excluding hydrogens is 665 g/mol. The summed E-state index contributed by atoms with van der Waals surface area (Å²) >= 11 is 0. The summed E-state index contributed by atoms with van der Waals surface area (Å²) in [5.74, 6) is 1.73. The molecule has 0 radical (unpaired) electrons. The number of ketones is 1. The van der Waals surface area contributed by atoms with Crippen molar-refractivity contribution in [3.63, 3.8) is 0 Å². The van der Waals surface area contributed by atoms with Crippen molar-refractivity contribution in [1.82, 2.24) is 9.97 Å². The fraction of sp³-hybridized carbons (Fsp3) is 0.279. The first-order valence-electron chi connectivity index (χ1n) is 17.5. The van der Waals surface area contributed by atoms with Gasteiger partial charge in [-0.2, -0.15) is 13.2 Å². The lowest BCUT2D eigenvalue weighted by molar-refractivity contribution is -0.263. The average molecular weight is 709 g/mol.